The molecule has 0 aliphatic carbocycles. The molecule has 2 heterocycles. The number of nitrogens with one attached hydrogen (secondary N) is 1. The minimum absolute atomic E-state index is 0.0517. The maximum atomic E-state index is 12.7. The minimum Gasteiger partial charge on any atom is -0.346 e. The smallest absolute Gasteiger partial charge is 0.282 e. The van der Waals surface area contributed by atoms with E-state index >= 15 is 0 Å². The Labute approximate surface area is 144 Å². The summed E-state index contributed by atoms with van der Waals surface area (Å²) >= 11 is 1.56. The van der Waals surface area contributed by atoms with Crippen LogP contribution in [0.2, 0.25) is 0 Å². The Kier molecular flexibility index (Phi) is 4.49. The van der Waals surface area contributed by atoms with Crippen molar-refractivity contribution in [1.29, 1.82) is 0 Å². The zero-order valence-corrected chi connectivity index (χ0v) is 14.7. The Balaban J connectivity index is 2.04. The average Bonchev–Trinajstić information content (AvgIpc) is 3.07. The van der Waals surface area contributed by atoms with E-state index in [2.05, 4.69) is 10.3 Å². The van der Waals surface area contributed by atoms with E-state index in [1.54, 1.807) is 15.9 Å². The molecule has 0 fully saturated rings. The molecule has 0 spiro atoms. The fourth-order valence-electron chi connectivity index (χ4n) is 2.62. The molecule has 24 heavy (non-hydrogen) atoms. The molecule has 1 N–H and O–H groups in total. The van der Waals surface area contributed by atoms with E-state index in [1.165, 1.54) is 0 Å². The quantitative estimate of drug-likeness (QED) is 0.793. The molecule has 3 rings (SSSR count). The van der Waals surface area contributed by atoms with Gasteiger partial charge in [-0.3, -0.25) is 9.59 Å². The SMILES string of the molecule is CCn1c(=O)c(C(=O)NCc2cccs2)nc2cc(C)c(C)cc21. The van der Waals surface area contributed by atoms with Crippen molar-refractivity contribution in [2.75, 3.05) is 0 Å². The molecule has 0 saturated heterocycles. The number of benzene rings is 1. The lowest BCUT2D eigenvalue weighted by Gasteiger charge is -2.12. The second-order valence-corrected chi connectivity index (χ2v) is 6.73. The third-order valence-corrected chi connectivity index (χ3v) is 4.97. The van der Waals surface area contributed by atoms with Crippen molar-refractivity contribution in [3.05, 3.63) is 61.7 Å². The van der Waals surface area contributed by atoms with Crippen molar-refractivity contribution in [1.82, 2.24) is 14.9 Å². The highest BCUT2D eigenvalue weighted by atomic mass is 32.1. The minimum atomic E-state index is -0.435. The number of thiophene rings is 1. The van der Waals surface area contributed by atoms with Crippen LogP contribution < -0.4 is 10.9 Å². The molecule has 0 aliphatic rings. The van der Waals surface area contributed by atoms with Crippen LogP contribution in [0.1, 0.15) is 33.4 Å². The molecule has 0 radical (unpaired) electrons. The maximum absolute atomic E-state index is 12.7. The highest BCUT2D eigenvalue weighted by molar-refractivity contribution is 7.09. The third-order valence-electron chi connectivity index (χ3n) is 4.10. The van der Waals surface area contributed by atoms with Gasteiger partial charge in [0.2, 0.25) is 0 Å². The average molecular weight is 341 g/mol. The van der Waals surface area contributed by atoms with Crippen LogP contribution in [0.3, 0.4) is 0 Å². The van der Waals surface area contributed by atoms with Gasteiger partial charge in [-0.15, -0.1) is 11.3 Å². The topological polar surface area (TPSA) is 64.0 Å². The summed E-state index contributed by atoms with van der Waals surface area (Å²) in [5.74, 6) is -0.435. The molecule has 3 aromatic rings. The van der Waals surface area contributed by atoms with Crippen LogP contribution in [0.15, 0.2) is 34.4 Å². The molecule has 5 nitrogen and oxygen atoms in total. The normalized spacial score (nSPS) is 11.0. The molecule has 0 unspecified atom stereocenters. The van der Waals surface area contributed by atoms with Gasteiger partial charge in [0, 0.05) is 11.4 Å². The zero-order chi connectivity index (χ0) is 17.3. The molecule has 2 aromatic heterocycles. The second-order valence-electron chi connectivity index (χ2n) is 5.70. The fraction of sp³-hybridized carbons (Fsp3) is 0.278. The number of aryl methyl sites for hydroxylation is 3. The molecule has 0 aliphatic heterocycles. The van der Waals surface area contributed by atoms with E-state index in [1.807, 2.05) is 50.4 Å². The number of carbonyl (C=O) groups is 1. The third kappa shape index (κ3) is 2.97. The van der Waals surface area contributed by atoms with Gasteiger partial charge in [0.25, 0.3) is 11.5 Å². The number of hydrogen-bond donors (Lipinski definition) is 1. The van der Waals surface area contributed by atoms with Crippen LogP contribution in [-0.4, -0.2) is 15.5 Å². The Hall–Kier alpha value is -2.47. The Bertz CT molecular complexity index is 959. The summed E-state index contributed by atoms with van der Waals surface area (Å²) in [6.07, 6.45) is 0. The van der Waals surface area contributed by atoms with Gasteiger partial charge < -0.3 is 9.88 Å². The van der Waals surface area contributed by atoms with Crippen molar-refractivity contribution in [2.24, 2.45) is 0 Å². The van der Waals surface area contributed by atoms with Crippen molar-refractivity contribution >= 4 is 28.3 Å². The lowest BCUT2D eigenvalue weighted by molar-refractivity contribution is 0.0944. The van der Waals surface area contributed by atoms with E-state index in [9.17, 15) is 9.59 Å². The highest BCUT2D eigenvalue weighted by Gasteiger charge is 2.17. The molecule has 1 amide bonds. The summed E-state index contributed by atoms with van der Waals surface area (Å²) in [4.78, 5) is 30.5. The summed E-state index contributed by atoms with van der Waals surface area (Å²) < 4.78 is 1.61. The van der Waals surface area contributed by atoms with Gasteiger partial charge >= 0.3 is 0 Å². The first-order chi connectivity index (χ1) is 11.5. The van der Waals surface area contributed by atoms with Crippen LogP contribution in [0.25, 0.3) is 11.0 Å². The Morgan fingerprint density at radius 3 is 2.71 bits per heavy atom. The molecule has 0 atom stereocenters. The highest BCUT2D eigenvalue weighted by Crippen LogP contribution is 2.17. The lowest BCUT2D eigenvalue weighted by Crippen LogP contribution is -2.34. The van der Waals surface area contributed by atoms with Gasteiger partial charge in [-0.1, -0.05) is 6.07 Å². The summed E-state index contributed by atoms with van der Waals surface area (Å²) in [5.41, 5.74) is 3.21. The van der Waals surface area contributed by atoms with E-state index < -0.39 is 5.91 Å². The fourth-order valence-corrected chi connectivity index (χ4v) is 3.27. The zero-order valence-electron chi connectivity index (χ0n) is 13.9. The predicted molar refractivity (Wildman–Crippen MR) is 96.6 cm³/mol. The maximum Gasteiger partial charge on any atom is 0.282 e. The van der Waals surface area contributed by atoms with Crippen LogP contribution >= 0.6 is 11.3 Å². The molecule has 6 heteroatoms. The van der Waals surface area contributed by atoms with Gasteiger partial charge in [-0.05, 0) is 55.5 Å². The molecule has 1 aromatic carbocycles. The van der Waals surface area contributed by atoms with Crippen LogP contribution in [-0.2, 0) is 13.1 Å². The first-order valence-corrected chi connectivity index (χ1v) is 8.71. The predicted octanol–water partition coefficient (Wildman–Crippen LogP) is 3.02. The first kappa shape index (κ1) is 16.4. The van der Waals surface area contributed by atoms with E-state index in [4.69, 9.17) is 0 Å². The molecular formula is C18H19N3O2S. The number of hydrogen-bond acceptors (Lipinski definition) is 4. The van der Waals surface area contributed by atoms with Crippen LogP contribution in [0.4, 0.5) is 0 Å². The summed E-state index contributed by atoms with van der Waals surface area (Å²) in [6, 6.07) is 7.74. The molecule has 0 saturated carbocycles. The molecule has 124 valence electrons. The van der Waals surface area contributed by atoms with Crippen molar-refractivity contribution < 1.29 is 4.79 Å². The lowest BCUT2D eigenvalue weighted by atomic mass is 10.1. The second kappa shape index (κ2) is 6.57. The van der Waals surface area contributed by atoms with Crippen molar-refractivity contribution in [3.8, 4) is 0 Å². The largest absolute Gasteiger partial charge is 0.346 e. The number of carbonyl (C=O) groups excluding carboxylic acids is 1. The number of amides is 1. The van der Waals surface area contributed by atoms with Gasteiger partial charge in [-0.2, -0.15) is 0 Å². The Morgan fingerprint density at radius 1 is 1.29 bits per heavy atom. The number of nitrogens with zero attached hydrogens (tertiary/aromatic N) is 2. The summed E-state index contributed by atoms with van der Waals surface area (Å²) in [7, 11) is 0. The number of rotatable bonds is 4. The van der Waals surface area contributed by atoms with E-state index in [0.29, 0.717) is 18.6 Å². The van der Waals surface area contributed by atoms with Gasteiger partial charge in [0.15, 0.2) is 5.69 Å². The van der Waals surface area contributed by atoms with Crippen LogP contribution in [0.5, 0.6) is 0 Å². The summed E-state index contributed by atoms with van der Waals surface area (Å²) in [6.45, 7) is 6.78. The molecule has 0 bridgehead atoms. The van der Waals surface area contributed by atoms with Gasteiger partial charge in [0.05, 0.1) is 17.6 Å². The molecular weight excluding hydrogens is 322 g/mol. The summed E-state index contributed by atoms with van der Waals surface area (Å²) in [5, 5.41) is 4.73. The number of fused-ring (bicyclic) bond motifs is 1. The monoisotopic (exact) mass is 341 g/mol. The van der Waals surface area contributed by atoms with E-state index in [0.717, 1.165) is 21.5 Å². The van der Waals surface area contributed by atoms with Gasteiger partial charge in [-0.25, -0.2) is 4.98 Å². The Morgan fingerprint density at radius 2 is 2.04 bits per heavy atom. The van der Waals surface area contributed by atoms with Crippen molar-refractivity contribution in [3.63, 3.8) is 0 Å². The number of aromatic nitrogens is 2. The standard InChI is InChI=1S/C18H19N3O2S/c1-4-21-15-9-12(3)11(2)8-14(15)20-16(18(21)23)17(22)19-10-13-6-5-7-24-13/h5-9H,4,10H2,1-3H3,(H,19,22). The van der Waals surface area contributed by atoms with Crippen LogP contribution in [0, 0.1) is 13.8 Å². The van der Waals surface area contributed by atoms with Gasteiger partial charge in [0.1, 0.15) is 0 Å². The first-order valence-electron chi connectivity index (χ1n) is 7.83. The van der Waals surface area contributed by atoms with Crippen molar-refractivity contribution in [2.45, 2.75) is 33.9 Å². The van der Waals surface area contributed by atoms with E-state index in [-0.39, 0.29) is 11.3 Å².